The second-order valence-electron chi connectivity index (χ2n) is 7.00. The van der Waals surface area contributed by atoms with Crippen LogP contribution >= 0.6 is 0 Å². The van der Waals surface area contributed by atoms with Gasteiger partial charge in [-0.25, -0.2) is 4.98 Å². The summed E-state index contributed by atoms with van der Waals surface area (Å²) < 4.78 is 11.2. The van der Waals surface area contributed by atoms with Crippen molar-refractivity contribution in [1.29, 1.82) is 0 Å². The van der Waals surface area contributed by atoms with Crippen LogP contribution in [0.4, 0.5) is 0 Å². The number of amides is 1. The fourth-order valence-electron chi connectivity index (χ4n) is 3.36. The summed E-state index contributed by atoms with van der Waals surface area (Å²) in [5.74, 6) is -0.0209. The van der Waals surface area contributed by atoms with Crippen LogP contribution in [0.1, 0.15) is 35.6 Å². The first kappa shape index (κ1) is 16.9. The molecular weight excluding hydrogens is 308 g/mol. The molecule has 0 spiro atoms. The van der Waals surface area contributed by atoms with Crippen molar-refractivity contribution in [2.24, 2.45) is 0 Å². The zero-order chi connectivity index (χ0) is 17.5. The van der Waals surface area contributed by atoms with Gasteiger partial charge in [0.2, 0.25) is 0 Å². The van der Waals surface area contributed by atoms with Gasteiger partial charge in [-0.05, 0) is 33.8 Å². The summed E-state index contributed by atoms with van der Waals surface area (Å²) in [6.07, 6.45) is -0.133. The zero-order valence-electron chi connectivity index (χ0n) is 14.8. The first-order chi connectivity index (χ1) is 11.3. The number of fused-ring (bicyclic) bond motifs is 1. The summed E-state index contributed by atoms with van der Waals surface area (Å²) in [5, 5.41) is 7.90. The van der Waals surface area contributed by atoms with Gasteiger partial charge in [-0.15, -0.1) is 0 Å². The van der Waals surface area contributed by atoms with Crippen LogP contribution < -0.4 is 0 Å². The molecule has 0 aliphatic carbocycles. The van der Waals surface area contributed by atoms with Gasteiger partial charge in [0.1, 0.15) is 0 Å². The average Bonchev–Trinajstić information content (AvgIpc) is 2.85. The van der Waals surface area contributed by atoms with E-state index in [1.165, 1.54) is 0 Å². The molecule has 0 saturated carbocycles. The zero-order valence-corrected chi connectivity index (χ0v) is 14.8. The lowest BCUT2D eigenvalue weighted by molar-refractivity contribution is -0.143. The minimum absolute atomic E-state index is 0.0209. The molecule has 3 heterocycles. The molecule has 2 aromatic rings. The van der Waals surface area contributed by atoms with E-state index in [2.05, 4.69) is 15.2 Å². The number of rotatable bonds is 3. The lowest BCUT2D eigenvalue weighted by atomic mass is 10.0. The molecule has 0 bridgehead atoms. The van der Waals surface area contributed by atoms with Gasteiger partial charge in [-0.3, -0.25) is 9.89 Å². The van der Waals surface area contributed by atoms with Gasteiger partial charge in [0.25, 0.3) is 5.91 Å². The molecule has 1 saturated heterocycles. The van der Waals surface area contributed by atoms with E-state index in [1.54, 1.807) is 7.11 Å². The summed E-state index contributed by atoms with van der Waals surface area (Å²) in [6.45, 7) is 9.26. The van der Waals surface area contributed by atoms with Gasteiger partial charge in [0.15, 0.2) is 5.65 Å². The van der Waals surface area contributed by atoms with E-state index in [-0.39, 0.29) is 12.0 Å². The normalized spacial score (nSPS) is 20.5. The van der Waals surface area contributed by atoms with Crippen LogP contribution in [0, 0.1) is 13.8 Å². The van der Waals surface area contributed by atoms with Crippen molar-refractivity contribution in [3.8, 4) is 0 Å². The standard InChI is InChI=1S/C17H24N4O3/c1-10-6-13(14-11(2)19-20-15(14)18-10)16(22)21-7-12(8-23-5)24-17(3,4)9-21/h6,12H,7-9H2,1-5H3,(H,18,19,20). The second kappa shape index (κ2) is 6.14. The number of carbonyl (C=O) groups excluding carboxylic acids is 1. The Morgan fingerprint density at radius 2 is 2.25 bits per heavy atom. The van der Waals surface area contributed by atoms with Gasteiger partial charge in [0, 0.05) is 31.6 Å². The van der Waals surface area contributed by atoms with Crippen molar-refractivity contribution < 1.29 is 14.3 Å². The second-order valence-corrected chi connectivity index (χ2v) is 7.00. The number of carbonyl (C=O) groups is 1. The Labute approximate surface area is 141 Å². The topological polar surface area (TPSA) is 80.3 Å². The third-order valence-electron chi connectivity index (χ3n) is 4.18. The summed E-state index contributed by atoms with van der Waals surface area (Å²) in [7, 11) is 1.64. The molecule has 1 atom stereocenters. The number of nitrogens with one attached hydrogen (secondary N) is 1. The highest BCUT2D eigenvalue weighted by molar-refractivity contribution is 6.06. The Morgan fingerprint density at radius 1 is 1.50 bits per heavy atom. The smallest absolute Gasteiger partial charge is 0.254 e. The number of aryl methyl sites for hydroxylation is 2. The number of pyridine rings is 1. The number of H-pyrrole nitrogens is 1. The van der Waals surface area contributed by atoms with Crippen LogP contribution in [-0.2, 0) is 9.47 Å². The first-order valence-electron chi connectivity index (χ1n) is 8.09. The van der Waals surface area contributed by atoms with Gasteiger partial charge < -0.3 is 14.4 Å². The Kier molecular flexibility index (Phi) is 4.31. The summed E-state index contributed by atoms with van der Waals surface area (Å²) in [6, 6.07) is 1.83. The number of aromatic amines is 1. The predicted octanol–water partition coefficient (Wildman–Crippen LogP) is 1.84. The number of ether oxygens (including phenoxy) is 2. The molecule has 1 fully saturated rings. The van der Waals surface area contributed by atoms with Crippen molar-refractivity contribution in [3.63, 3.8) is 0 Å². The van der Waals surface area contributed by atoms with E-state index in [9.17, 15) is 4.79 Å². The molecule has 1 unspecified atom stereocenters. The molecule has 130 valence electrons. The lowest BCUT2D eigenvalue weighted by Gasteiger charge is -2.42. The van der Waals surface area contributed by atoms with Crippen LogP contribution in [0.2, 0.25) is 0 Å². The third kappa shape index (κ3) is 3.14. The van der Waals surface area contributed by atoms with E-state index in [0.717, 1.165) is 16.8 Å². The average molecular weight is 332 g/mol. The quantitative estimate of drug-likeness (QED) is 0.928. The number of methoxy groups -OCH3 is 1. The first-order valence-corrected chi connectivity index (χ1v) is 8.09. The number of hydrogen-bond donors (Lipinski definition) is 1. The predicted molar refractivity (Wildman–Crippen MR) is 90.1 cm³/mol. The van der Waals surface area contributed by atoms with Gasteiger partial charge in [-0.2, -0.15) is 5.10 Å². The maximum Gasteiger partial charge on any atom is 0.254 e. The fraction of sp³-hybridized carbons (Fsp3) is 0.588. The highest BCUT2D eigenvalue weighted by Gasteiger charge is 2.36. The SMILES string of the molecule is COCC1CN(C(=O)c2cc(C)nc3n[nH]c(C)c23)CC(C)(C)O1. The van der Waals surface area contributed by atoms with Crippen molar-refractivity contribution in [1.82, 2.24) is 20.1 Å². The Bertz CT molecular complexity index is 769. The summed E-state index contributed by atoms with van der Waals surface area (Å²) in [4.78, 5) is 19.5. The molecular formula is C17H24N4O3. The van der Waals surface area contributed by atoms with Crippen molar-refractivity contribution in [2.45, 2.75) is 39.4 Å². The van der Waals surface area contributed by atoms with Crippen LogP contribution in [0.15, 0.2) is 6.07 Å². The highest BCUT2D eigenvalue weighted by atomic mass is 16.5. The van der Waals surface area contributed by atoms with Crippen molar-refractivity contribution in [3.05, 3.63) is 23.0 Å². The Balaban J connectivity index is 1.98. The monoisotopic (exact) mass is 332 g/mol. The summed E-state index contributed by atoms with van der Waals surface area (Å²) >= 11 is 0. The van der Waals surface area contributed by atoms with E-state index in [4.69, 9.17) is 9.47 Å². The van der Waals surface area contributed by atoms with E-state index < -0.39 is 5.60 Å². The number of hydrogen-bond acceptors (Lipinski definition) is 5. The van der Waals surface area contributed by atoms with Crippen molar-refractivity contribution in [2.75, 3.05) is 26.8 Å². The highest BCUT2D eigenvalue weighted by Crippen LogP contribution is 2.26. The van der Waals surface area contributed by atoms with E-state index in [1.807, 2.05) is 38.7 Å². The van der Waals surface area contributed by atoms with Gasteiger partial charge >= 0.3 is 0 Å². The number of aromatic nitrogens is 3. The molecule has 1 aliphatic heterocycles. The molecule has 0 aromatic carbocycles. The van der Waals surface area contributed by atoms with Crippen LogP contribution in [-0.4, -0.2) is 64.5 Å². The van der Waals surface area contributed by atoms with Crippen LogP contribution in [0.3, 0.4) is 0 Å². The van der Waals surface area contributed by atoms with Crippen LogP contribution in [0.25, 0.3) is 11.0 Å². The van der Waals surface area contributed by atoms with Gasteiger partial charge in [-0.1, -0.05) is 0 Å². The van der Waals surface area contributed by atoms with E-state index in [0.29, 0.717) is 30.9 Å². The summed E-state index contributed by atoms with van der Waals surface area (Å²) in [5.41, 5.74) is 2.43. The lowest BCUT2D eigenvalue weighted by Crippen LogP contribution is -2.55. The van der Waals surface area contributed by atoms with E-state index >= 15 is 0 Å². The maximum atomic E-state index is 13.2. The third-order valence-corrected chi connectivity index (χ3v) is 4.18. The minimum atomic E-state index is -0.413. The largest absolute Gasteiger partial charge is 0.382 e. The molecule has 0 radical (unpaired) electrons. The van der Waals surface area contributed by atoms with Gasteiger partial charge in [0.05, 0.1) is 29.3 Å². The molecule has 1 aliphatic rings. The molecule has 3 rings (SSSR count). The van der Waals surface area contributed by atoms with Crippen molar-refractivity contribution >= 4 is 16.9 Å². The minimum Gasteiger partial charge on any atom is -0.382 e. The Morgan fingerprint density at radius 3 is 2.96 bits per heavy atom. The molecule has 24 heavy (non-hydrogen) atoms. The molecule has 1 amide bonds. The molecule has 7 heteroatoms. The molecule has 1 N–H and O–H groups in total. The molecule has 7 nitrogen and oxygen atoms in total. The Hall–Kier alpha value is -1.99. The van der Waals surface area contributed by atoms with Crippen LogP contribution in [0.5, 0.6) is 0 Å². The number of nitrogens with zero attached hydrogens (tertiary/aromatic N) is 3. The maximum absolute atomic E-state index is 13.2. The number of morpholine rings is 1. The molecule has 2 aromatic heterocycles. The fourth-order valence-corrected chi connectivity index (χ4v) is 3.36.